The molecule has 0 spiro atoms. The van der Waals surface area contributed by atoms with Crippen molar-refractivity contribution < 1.29 is 9.47 Å². The Bertz CT molecular complexity index is 926. The Kier molecular flexibility index (Phi) is 7.29. The Balaban J connectivity index is 1.52. The minimum absolute atomic E-state index is 0.850. The number of ether oxygens (including phenoxy) is 2. The van der Waals surface area contributed by atoms with Crippen LogP contribution >= 0.6 is 0 Å². The van der Waals surface area contributed by atoms with Crippen LogP contribution in [-0.4, -0.2) is 61.3 Å². The van der Waals surface area contributed by atoms with Crippen LogP contribution < -0.4 is 4.74 Å². The zero-order valence-corrected chi connectivity index (χ0v) is 17.8. The van der Waals surface area contributed by atoms with E-state index in [1.807, 2.05) is 18.5 Å². The Hall–Kier alpha value is -2.47. The predicted molar refractivity (Wildman–Crippen MR) is 121 cm³/mol. The van der Waals surface area contributed by atoms with Crippen LogP contribution in [-0.2, 0) is 17.8 Å². The van der Waals surface area contributed by atoms with Gasteiger partial charge in [0.15, 0.2) is 0 Å². The van der Waals surface area contributed by atoms with Gasteiger partial charge in [-0.25, -0.2) is 0 Å². The third-order valence-corrected chi connectivity index (χ3v) is 5.78. The van der Waals surface area contributed by atoms with Gasteiger partial charge in [0.05, 0.1) is 20.3 Å². The molecule has 0 N–H and O–H groups in total. The van der Waals surface area contributed by atoms with Gasteiger partial charge in [-0.2, -0.15) is 0 Å². The lowest BCUT2D eigenvalue weighted by Gasteiger charge is -2.29. The molecule has 30 heavy (non-hydrogen) atoms. The molecule has 3 aromatic rings. The largest absolute Gasteiger partial charge is 0.496 e. The lowest BCUT2D eigenvalue weighted by Crippen LogP contribution is -2.38. The van der Waals surface area contributed by atoms with Crippen molar-refractivity contribution in [1.82, 2.24) is 14.8 Å². The summed E-state index contributed by atoms with van der Waals surface area (Å²) in [6, 6.07) is 17.0. The van der Waals surface area contributed by atoms with E-state index in [-0.39, 0.29) is 0 Å². The van der Waals surface area contributed by atoms with Gasteiger partial charge in [-0.15, -0.1) is 0 Å². The summed E-state index contributed by atoms with van der Waals surface area (Å²) < 4.78 is 11.2. The van der Waals surface area contributed by atoms with E-state index in [2.05, 4.69) is 57.2 Å². The van der Waals surface area contributed by atoms with Crippen LogP contribution in [0.5, 0.6) is 5.75 Å². The molecule has 0 aliphatic carbocycles. The normalized spacial score (nSPS) is 15.0. The van der Waals surface area contributed by atoms with Crippen molar-refractivity contribution >= 4 is 10.8 Å². The van der Waals surface area contributed by atoms with Gasteiger partial charge in [0, 0.05) is 50.7 Å². The van der Waals surface area contributed by atoms with Gasteiger partial charge in [-0.05, 0) is 41.4 Å². The van der Waals surface area contributed by atoms with Gasteiger partial charge in [0.1, 0.15) is 5.75 Å². The molecule has 1 aliphatic rings. The molecule has 0 amide bonds. The third kappa shape index (κ3) is 5.36. The number of rotatable bonds is 9. The van der Waals surface area contributed by atoms with Gasteiger partial charge in [-0.3, -0.25) is 14.8 Å². The number of hydrogen-bond acceptors (Lipinski definition) is 5. The van der Waals surface area contributed by atoms with E-state index in [0.29, 0.717) is 0 Å². The maximum absolute atomic E-state index is 5.74. The maximum Gasteiger partial charge on any atom is 0.123 e. The molecule has 5 heteroatoms. The van der Waals surface area contributed by atoms with Crippen LogP contribution in [0.1, 0.15) is 17.5 Å². The van der Waals surface area contributed by atoms with Crippen molar-refractivity contribution in [3.8, 4) is 5.75 Å². The molecule has 1 aliphatic heterocycles. The van der Waals surface area contributed by atoms with E-state index in [4.69, 9.17) is 9.47 Å². The Morgan fingerprint density at radius 1 is 1.03 bits per heavy atom. The molecule has 2 heterocycles. The highest BCUT2D eigenvalue weighted by molar-refractivity contribution is 5.87. The Morgan fingerprint density at radius 2 is 1.90 bits per heavy atom. The lowest BCUT2D eigenvalue weighted by molar-refractivity contribution is 0.0359. The molecule has 0 bridgehead atoms. The predicted octanol–water partition coefficient (Wildman–Crippen LogP) is 3.97. The van der Waals surface area contributed by atoms with Gasteiger partial charge in [0.25, 0.3) is 0 Å². The molecule has 5 nitrogen and oxygen atoms in total. The monoisotopic (exact) mass is 405 g/mol. The van der Waals surface area contributed by atoms with E-state index >= 15 is 0 Å². The van der Waals surface area contributed by atoms with Crippen LogP contribution in [0.2, 0.25) is 0 Å². The van der Waals surface area contributed by atoms with Crippen LogP contribution in [0.3, 0.4) is 0 Å². The quantitative estimate of drug-likeness (QED) is 0.539. The smallest absolute Gasteiger partial charge is 0.123 e. The van der Waals surface area contributed by atoms with Crippen molar-refractivity contribution in [3.05, 3.63) is 72.1 Å². The summed E-state index contributed by atoms with van der Waals surface area (Å²) in [7, 11) is 1.76. The van der Waals surface area contributed by atoms with Crippen LogP contribution in [0.25, 0.3) is 10.8 Å². The minimum Gasteiger partial charge on any atom is -0.496 e. The molecule has 0 atom stereocenters. The molecule has 158 valence electrons. The van der Waals surface area contributed by atoms with Gasteiger partial charge in [0.2, 0.25) is 0 Å². The zero-order valence-electron chi connectivity index (χ0n) is 17.8. The number of pyridine rings is 1. The van der Waals surface area contributed by atoms with Crippen molar-refractivity contribution in [2.75, 3.05) is 46.5 Å². The molecule has 0 unspecified atom stereocenters. The highest BCUT2D eigenvalue weighted by Gasteiger charge is 2.15. The van der Waals surface area contributed by atoms with Crippen molar-refractivity contribution in [1.29, 1.82) is 0 Å². The van der Waals surface area contributed by atoms with Crippen molar-refractivity contribution in [3.63, 3.8) is 0 Å². The second kappa shape index (κ2) is 10.5. The number of methoxy groups -OCH3 is 1. The summed E-state index contributed by atoms with van der Waals surface area (Å²) in [6.07, 6.45) is 4.93. The first-order chi connectivity index (χ1) is 14.8. The number of benzene rings is 2. The fraction of sp³-hybridized carbons (Fsp3) is 0.400. The first kappa shape index (κ1) is 20.8. The van der Waals surface area contributed by atoms with Crippen LogP contribution in [0.4, 0.5) is 0 Å². The summed E-state index contributed by atoms with van der Waals surface area (Å²) in [6.45, 7) is 7.66. The maximum atomic E-state index is 5.74. The Labute approximate surface area is 179 Å². The number of fused-ring (bicyclic) bond motifs is 1. The Morgan fingerprint density at radius 3 is 2.70 bits per heavy atom. The third-order valence-electron chi connectivity index (χ3n) is 5.78. The number of morpholine rings is 1. The number of nitrogens with zero attached hydrogens (tertiary/aromatic N) is 3. The van der Waals surface area contributed by atoms with E-state index in [1.165, 1.54) is 21.9 Å². The SMILES string of the molecule is COc1ccc2ccccc2c1CN(CCCN1CCOCC1)Cc1cccnc1. The van der Waals surface area contributed by atoms with Crippen LogP contribution in [0, 0.1) is 0 Å². The number of aromatic nitrogens is 1. The standard InChI is InChI=1S/C25H31N3O2/c1-29-25-10-9-22-7-2-3-8-23(22)24(25)20-28(19-21-6-4-11-26-18-21)13-5-12-27-14-16-30-17-15-27/h2-4,6-11,18H,5,12-17,19-20H2,1H3. The first-order valence-corrected chi connectivity index (χ1v) is 10.8. The second-order valence-corrected chi connectivity index (χ2v) is 7.85. The van der Waals surface area contributed by atoms with E-state index in [0.717, 1.165) is 64.7 Å². The zero-order chi connectivity index (χ0) is 20.6. The average molecular weight is 406 g/mol. The van der Waals surface area contributed by atoms with E-state index < -0.39 is 0 Å². The van der Waals surface area contributed by atoms with E-state index in [9.17, 15) is 0 Å². The second-order valence-electron chi connectivity index (χ2n) is 7.85. The summed E-state index contributed by atoms with van der Waals surface area (Å²) in [5, 5.41) is 2.52. The van der Waals surface area contributed by atoms with Crippen molar-refractivity contribution in [2.24, 2.45) is 0 Å². The van der Waals surface area contributed by atoms with Gasteiger partial charge < -0.3 is 9.47 Å². The highest BCUT2D eigenvalue weighted by Crippen LogP contribution is 2.29. The number of hydrogen-bond donors (Lipinski definition) is 0. The molecular formula is C25H31N3O2. The summed E-state index contributed by atoms with van der Waals surface area (Å²) in [5.74, 6) is 0.957. The molecule has 4 rings (SSSR count). The molecule has 0 saturated carbocycles. The fourth-order valence-corrected chi connectivity index (χ4v) is 4.20. The molecule has 0 radical (unpaired) electrons. The summed E-state index contributed by atoms with van der Waals surface area (Å²) in [4.78, 5) is 9.33. The minimum atomic E-state index is 0.850. The fourth-order valence-electron chi connectivity index (χ4n) is 4.20. The molecule has 1 fully saturated rings. The average Bonchev–Trinajstić information content (AvgIpc) is 2.80. The lowest BCUT2D eigenvalue weighted by atomic mass is 10.0. The summed E-state index contributed by atoms with van der Waals surface area (Å²) in [5.41, 5.74) is 2.49. The van der Waals surface area contributed by atoms with E-state index in [1.54, 1.807) is 7.11 Å². The molecule has 1 saturated heterocycles. The molecular weight excluding hydrogens is 374 g/mol. The van der Waals surface area contributed by atoms with Crippen molar-refractivity contribution in [2.45, 2.75) is 19.5 Å². The first-order valence-electron chi connectivity index (χ1n) is 10.8. The van der Waals surface area contributed by atoms with Gasteiger partial charge in [-0.1, -0.05) is 36.4 Å². The molecule has 2 aromatic carbocycles. The topological polar surface area (TPSA) is 37.8 Å². The highest BCUT2D eigenvalue weighted by atomic mass is 16.5. The van der Waals surface area contributed by atoms with Gasteiger partial charge >= 0.3 is 0 Å². The molecule has 1 aromatic heterocycles. The summed E-state index contributed by atoms with van der Waals surface area (Å²) >= 11 is 0. The van der Waals surface area contributed by atoms with Crippen LogP contribution in [0.15, 0.2) is 60.9 Å².